The number of benzene rings is 3. The average Bonchev–Trinajstić information content (AvgIpc) is 3.14. The highest BCUT2D eigenvalue weighted by Gasteiger charge is 2.47. The van der Waals surface area contributed by atoms with Crippen LogP contribution in [0.3, 0.4) is 0 Å². The van der Waals surface area contributed by atoms with E-state index in [0.29, 0.717) is 40.8 Å². The number of rotatable bonds is 7. The van der Waals surface area contributed by atoms with Crippen molar-refractivity contribution in [3.8, 4) is 11.5 Å². The number of ketones is 1. The van der Waals surface area contributed by atoms with Crippen molar-refractivity contribution >= 4 is 29.1 Å². The minimum absolute atomic E-state index is 0.0329. The smallest absolute Gasteiger partial charge is 0.308 e. The average molecular weight is 514 g/mol. The van der Waals surface area contributed by atoms with Gasteiger partial charge < -0.3 is 14.6 Å². The fraction of sp³-hybridized carbons (Fsp3) is 0.258. The van der Waals surface area contributed by atoms with Crippen LogP contribution >= 0.6 is 0 Å². The molecule has 196 valence electrons. The zero-order valence-electron chi connectivity index (χ0n) is 22.1. The van der Waals surface area contributed by atoms with E-state index in [0.717, 1.165) is 11.1 Å². The largest absolute Gasteiger partial charge is 0.507 e. The second kappa shape index (κ2) is 10.9. The summed E-state index contributed by atoms with van der Waals surface area (Å²) in [7, 11) is 0. The lowest BCUT2D eigenvalue weighted by atomic mass is 9.95. The first-order valence-electron chi connectivity index (χ1n) is 12.5. The first-order chi connectivity index (χ1) is 18.1. The Morgan fingerprint density at radius 1 is 0.947 bits per heavy atom. The third kappa shape index (κ3) is 5.47. The molecule has 4 rings (SSSR count). The lowest BCUT2D eigenvalue weighted by molar-refractivity contribution is -0.132. The van der Waals surface area contributed by atoms with Crippen LogP contribution in [0.2, 0.25) is 0 Å². The number of esters is 1. The molecule has 3 aromatic carbocycles. The number of amides is 1. The van der Waals surface area contributed by atoms with Crippen molar-refractivity contribution < 1.29 is 29.0 Å². The topological polar surface area (TPSA) is 93.1 Å². The molecule has 1 aliphatic rings. The second-order valence-corrected chi connectivity index (χ2v) is 9.83. The molecule has 0 aliphatic carbocycles. The molecule has 1 saturated heterocycles. The summed E-state index contributed by atoms with van der Waals surface area (Å²) in [5, 5.41) is 11.4. The van der Waals surface area contributed by atoms with E-state index in [1.165, 1.54) is 11.8 Å². The molecule has 0 saturated carbocycles. The van der Waals surface area contributed by atoms with Gasteiger partial charge in [-0.25, -0.2) is 0 Å². The molecule has 1 amide bonds. The van der Waals surface area contributed by atoms with E-state index >= 15 is 0 Å². The van der Waals surface area contributed by atoms with Crippen LogP contribution in [-0.2, 0) is 14.4 Å². The summed E-state index contributed by atoms with van der Waals surface area (Å²) in [6.07, 6.45) is 0. The molecule has 1 N–H and O–H groups in total. The molecule has 3 aromatic rings. The molecule has 1 fully saturated rings. The summed E-state index contributed by atoms with van der Waals surface area (Å²) in [6, 6.07) is 18.0. The van der Waals surface area contributed by atoms with Gasteiger partial charge in [0.15, 0.2) is 0 Å². The third-order valence-corrected chi connectivity index (χ3v) is 6.36. The van der Waals surface area contributed by atoms with Crippen molar-refractivity contribution in [2.75, 3.05) is 11.5 Å². The van der Waals surface area contributed by atoms with Crippen LogP contribution in [-0.4, -0.2) is 29.4 Å². The monoisotopic (exact) mass is 513 g/mol. The molecular weight excluding hydrogens is 482 g/mol. The Bertz CT molecular complexity index is 1420. The highest BCUT2D eigenvalue weighted by Crippen LogP contribution is 2.43. The molecule has 0 aromatic heterocycles. The standard InChI is InChI=1S/C31H31NO6/c1-18(2)17-37-26-8-6-7-23(16-26)29(34)27-28(22-10-13-25(14-11-22)38-21(5)33)32(31(36)30(27)35)24-12-9-19(3)20(4)15-24/h6-16,18,28,34H,17H2,1-5H3/b29-27+. The molecule has 0 bridgehead atoms. The summed E-state index contributed by atoms with van der Waals surface area (Å²) in [4.78, 5) is 39.6. The number of hydrogen-bond acceptors (Lipinski definition) is 6. The van der Waals surface area contributed by atoms with E-state index in [1.54, 1.807) is 54.6 Å². The molecule has 7 nitrogen and oxygen atoms in total. The number of aliphatic hydroxyl groups is 1. The summed E-state index contributed by atoms with van der Waals surface area (Å²) >= 11 is 0. The lowest BCUT2D eigenvalue weighted by Gasteiger charge is -2.26. The summed E-state index contributed by atoms with van der Waals surface area (Å²) in [5.74, 6) is -1.09. The minimum atomic E-state index is -0.899. The van der Waals surface area contributed by atoms with E-state index in [2.05, 4.69) is 0 Å². The number of anilines is 1. The van der Waals surface area contributed by atoms with Gasteiger partial charge in [0.05, 0.1) is 18.2 Å². The summed E-state index contributed by atoms with van der Waals surface area (Å²) in [6.45, 7) is 9.76. The van der Waals surface area contributed by atoms with Gasteiger partial charge >= 0.3 is 5.97 Å². The highest BCUT2D eigenvalue weighted by molar-refractivity contribution is 6.51. The Labute approximate surface area is 222 Å². The zero-order chi connectivity index (χ0) is 27.6. The molecule has 1 aliphatic heterocycles. The molecule has 1 heterocycles. The van der Waals surface area contributed by atoms with Crippen molar-refractivity contribution in [1.29, 1.82) is 0 Å². The number of Topliss-reactive ketones (excluding diaryl/α,β-unsaturated/α-hetero) is 1. The number of aryl methyl sites for hydroxylation is 2. The highest BCUT2D eigenvalue weighted by atomic mass is 16.5. The SMILES string of the molecule is CC(=O)Oc1ccc(C2/C(=C(\O)c3cccc(OCC(C)C)c3)C(=O)C(=O)N2c2ccc(C)c(C)c2)cc1. The van der Waals surface area contributed by atoms with Crippen molar-refractivity contribution in [2.45, 2.75) is 40.7 Å². The number of carbonyl (C=O) groups is 3. The van der Waals surface area contributed by atoms with E-state index in [-0.39, 0.29) is 11.3 Å². The Morgan fingerprint density at radius 3 is 2.29 bits per heavy atom. The van der Waals surface area contributed by atoms with Gasteiger partial charge in [0, 0.05) is 18.2 Å². The molecular formula is C31H31NO6. The summed E-state index contributed by atoms with van der Waals surface area (Å²) in [5.41, 5.74) is 3.46. The van der Waals surface area contributed by atoms with Gasteiger partial charge in [0.2, 0.25) is 0 Å². The molecule has 0 radical (unpaired) electrons. The maximum atomic E-state index is 13.4. The molecule has 7 heteroatoms. The fourth-order valence-corrected chi connectivity index (χ4v) is 4.33. The normalized spacial score (nSPS) is 16.7. The Hall–Kier alpha value is -4.39. The zero-order valence-corrected chi connectivity index (χ0v) is 22.1. The third-order valence-electron chi connectivity index (χ3n) is 6.36. The van der Waals surface area contributed by atoms with Crippen molar-refractivity contribution in [3.63, 3.8) is 0 Å². The molecule has 38 heavy (non-hydrogen) atoms. The van der Waals surface area contributed by atoms with E-state index in [9.17, 15) is 19.5 Å². The predicted octanol–water partition coefficient (Wildman–Crippen LogP) is 5.89. The van der Waals surface area contributed by atoms with Gasteiger partial charge in [0.1, 0.15) is 17.3 Å². The predicted molar refractivity (Wildman–Crippen MR) is 145 cm³/mol. The Kier molecular flexibility index (Phi) is 7.67. The second-order valence-electron chi connectivity index (χ2n) is 9.83. The Balaban J connectivity index is 1.86. The number of hydrogen-bond donors (Lipinski definition) is 1. The lowest BCUT2D eigenvalue weighted by Crippen LogP contribution is -2.29. The van der Waals surface area contributed by atoms with Crippen LogP contribution < -0.4 is 14.4 Å². The minimum Gasteiger partial charge on any atom is -0.507 e. The van der Waals surface area contributed by atoms with E-state index < -0.39 is 23.7 Å². The van der Waals surface area contributed by atoms with Gasteiger partial charge in [-0.2, -0.15) is 0 Å². The van der Waals surface area contributed by atoms with Crippen LogP contribution in [0.5, 0.6) is 11.5 Å². The van der Waals surface area contributed by atoms with Crippen LogP contribution in [0, 0.1) is 19.8 Å². The summed E-state index contributed by atoms with van der Waals surface area (Å²) < 4.78 is 11.0. The number of carbonyl (C=O) groups excluding carboxylic acids is 3. The number of aliphatic hydroxyl groups excluding tert-OH is 1. The van der Waals surface area contributed by atoms with Crippen LogP contribution in [0.25, 0.3) is 5.76 Å². The van der Waals surface area contributed by atoms with E-state index in [4.69, 9.17) is 9.47 Å². The van der Waals surface area contributed by atoms with Crippen LogP contribution in [0.1, 0.15) is 49.1 Å². The van der Waals surface area contributed by atoms with Gasteiger partial charge in [-0.1, -0.05) is 44.2 Å². The van der Waals surface area contributed by atoms with Crippen LogP contribution in [0.4, 0.5) is 5.69 Å². The first-order valence-corrected chi connectivity index (χ1v) is 12.5. The van der Waals surface area contributed by atoms with Crippen molar-refractivity contribution in [2.24, 2.45) is 5.92 Å². The quantitative estimate of drug-likeness (QED) is 0.139. The maximum Gasteiger partial charge on any atom is 0.308 e. The molecule has 1 unspecified atom stereocenters. The van der Waals surface area contributed by atoms with Crippen LogP contribution in [0.15, 0.2) is 72.3 Å². The van der Waals surface area contributed by atoms with E-state index in [1.807, 2.05) is 39.8 Å². The van der Waals surface area contributed by atoms with Gasteiger partial charge in [-0.05, 0) is 72.9 Å². The molecule has 1 atom stereocenters. The van der Waals surface area contributed by atoms with Gasteiger partial charge in [-0.3, -0.25) is 19.3 Å². The fourth-order valence-electron chi connectivity index (χ4n) is 4.33. The number of nitrogens with zero attached hydrogens (tertiary/aromatic N) is 1. The number of ether oxygens (including phenoxy) is 2. The molecule has 0 spiro atoms. The van der Waals surface area contributed by atoms with Crippen molar-refractivity contribution in [3.05, 3.63) is 94.6 Å². The van der Waals surface area contributed by atoms with Crippen molar-refractivity contribution in [1.82, 2.24) is 0 Å². The van der Waals surface area contributed by atoms with Gasteiger partial charge in [0.25, 0.3) is 11.7 Å². The van der Waals surface area contributed by atoms with Gasteiger partial charge in [-0.15, -0.1) is 0 Å². The maximum absolute atomic E-state index is 13.4. The Morgan fingerprint density at radius 2 is 1.66 bits per heavy atom. The first kappa shape index (κ1) is 26.7.